The Balaban J connectivity index is 1.91. The largest absolute Gasteiger partial charge is 0.308 e. The summed E-state index contributed by atoms with van der Waals surface area (Å²) in [5.74, 6) is 0. The third-order valence-electron chi connectivity index (χ3n) is 7.30. The molecule has 0 saturated carbocycles. The van der Waals surface area contributed by atoms with Crippen LogP contribution in [-0.2, 0) is 19.9 Å². The van der Waals surface area contributed by atoms with Crippen molar-refractivity contribution in [3.8, 4) is 0 Å². The maximum atomic E-state index is 4.92. The zero-order valence-electron chi connectivity index (χ0n) is 22.4. The van der Waals surface area contributed by atoms with Gasteiger partial charge in [-0.3, -0.25) is 0 Å². The highest BCUT2D eigenvalue weighted by Crippen LogP contribution is 2.42. The van der Waals surface area contributed by atoms with Crippen molar-refractivity contribution < 1.29 is 4.57 Å². The highest BCUT2D eigenvalue weighted by Gasteiger charge is 2.26. The highest BCUT2D eigenvalue weighted by molar-refractivity contribution is 6.25. The fraction of sp³-hybridized carbons (Fsp3) is 0.375. The quantitative estimate of drug-likeness (QED) is 0.147. The van der Waals surface area contributed by atoms with Crippen molar-refractivity contribution in [2.45, 2.75) is 61.3 Å². The summed E-state index contributed by atoms with van der Waals surface area (Å²) in [6, 6.07) is 16.3. The number of nitrogens with zero attached hydrogens (tertiary/aromatic N) is 3. The van der Waals surface area contributed by atoms with Crippen molar-refractivity contribution in [2.75, 3.05) is 0 Å². The van der Waals surface area contributed by atoms with E-state index in [9.17, 15) is 0 Å². The van der Waals surface area contributed by atoms with Gasteiger partial charge in [0.05, 0.1) is 29.0 Å². The summed E-state index contributed by atoms with van der Waals surface area (Å²) in [5.41, 5.74) is 10.8. The molecular weight excluding hydrogens is 426 g/mol. The third-order valence-corrected chi connectivity index (χ3v) is 7.30. The van der Waals surface area contributed by atoms with Gasteiger partial charge in [-0.2, -0.15) is 0 Å². The summed E-state index contributed by atoms with van der Waals surface area (Å²) >= 11 is 0. The van der Waals surface area contributed by atoms with Gasteiger partial charge in [0.25, 0.3) is 6.33 Å². The van der Waals surface area contributed by atoms with Gasteiger partial charge in [0.1, 0.15) is 5.52 Å². The van der Waals surface area contributed by atoms with Crippen molar-refractivity contribution in [1.82, 2.24) is 9.38 Å². The molecule has 3 aromatic heterocycles. The summed E-state index contributed by atoms with van der Waals surface area (Å²) in [7, 11) is 2.14. The van der Waals surface area contributed by atoms with Crippen molar-refractivity contribution in [1.29, 1.82) is 0 Å². The molecule has 0 aliphatic heterocycles. The summed E-state index contributed by atoms with van der Waals surface area (Å²) in [4.78, 5) is 4.92. The zero-order chi connectivity index (χ0) is 24.9. The van der Waals surface area contributed by atoms with Gasteiger partial charge >= 0.3 is 0 Å². The van der Waals surface area contributed by atoms with Crippen LogP contribution in [0.5, 0.6) is 0 Å². The molecule has 0 N–H and O–H groups in total. The van der Waals surface area contributed by atoms with Gasteiger partial charge in [-0.1, -0.05) is 65.8 Å². The number of hydrogen-bond acceptors (Lipinski definition) is 1. The van der Waals surface area contributed by atoms with E-state index in [4.69, 9.17) is 4.98 Å². The Hall–Kier alpha value is -3.20. The topological polar surface area (TPSA) is 21.2 Å². The van der Waals surface area contributed by atoms with Crippen LogP contribution < -0.4 is 4.57 Å². The first-order valence-corrected chi connectivity index (χ1v) is 12.8. The molecule has 6 aromatic rings. The van der Waals surface area contributed by atoms with E-state index in [0.29, 0.717) is 0 Å². The Morgan fingerprint density at radius 2 is 1.57 bits per heavy atom. The zero-order valence-corrected chi connectivity index (χ0v) is 22.4. The number of rotatable bonds is 2. The molecule has 0 aliphatic carbocycles. The number of fused-ring (bicyclic) bond motifs is 5. The van der Waals surface area contributed by atoms with E-state index in [1.165, 1.54) is 60.3 Å². The van der Waals surface area contributed by atoms with E-state index < -0.39 is 0 Å². The molecule has 0 fully saturated rings. The molecule has 0 radical (unpaired) electrons. The SMILES string of the molecule is Cc1ccc2c3c(CC(C)(C)C)cccc3n3c4cc(CC(C)(C)C)cc5nc[n+](C)c(c1c23)c54. The maximum Gasteiger partial charge on any atom is 0.287 e. The van der Waals surface area contributed by atoms with E-state index >= 15 is 0 Å². The van der Waals surface area contributed by atoms with Gasteiger partial charge in [-0.15, -0.1) is 0 Å². The highest BCUT2D eigenvalue weighted by atomic mass is 15.0. The van der Waals surface area contributed by atoms with E-state index in [-0.39, 0.29) is 10.8 Å². The first-order chi connectivity index (χ1) is 16.4. The average Bonchev–Trinajstić information content (AvgIpc) is 3.08. The standard InChI is InChI=1S/C32H36N3/c1-19-12-13-22-27-21(17-32(5,6)7)10-9-11-24(27)35-25-15-20(16-31(2,3)4)14-23-28(25)30(26(19)29(22)35)34(8)18-33-23/h9-15,18H,16-17H2,1-8H3/q+1. The molecule has 178 valence electrons. The Morgan fingerprint density at radius 3 is 2.29 bits per heavy atom. The molecule has 0 saturated heterocycles. The smallest absolute Gasteiger partial charge is 0.287 e. The monoisotopic (exact) mass is 462 g/mol. The number of aryl methyl sites for hydroxylation is 2. The number of benzene rings is 3. The van der Waals surface area contributed by atoms with Gasteiger partial charge in [0.2, 0.25) is 0 Å². The first kappa shape index (κ1) is 22.3. The van der Waals surface area contributed by atoms with Crippen LogP contribution >= 0.6 is 0 Å². The molecule has 3 heterocycles. The van der Waals surface area contributed by atoms with Crippen molar-refractivity contribution >= 4 is 49.1 Å². The lowest BCUT2D eigenvalue weighted by molar-refractivity contribution is -0.646. The molecule has 35 heavy (non-hydrogen) atoms. The van der Waals surface area contributed by atoms with Gasteiger partial charge in [0.15, 0.2) is 5.52 Å². The van der Waals surface area contributed by atoms with Crippen molar-refractivity contribution in [3.05, 3.63) is 65.5 Å². The number of pyridine rings is 1. The minimum atomic E-state index is 0.208. The summed E-state index contributed by atoms with van der Waals surface area (Å²) in [6.07, 6.45) is 4.06. The molecule has 0 bridgehead atoms. The molecular formula is C32H36N3+. The Bertz CT molecular complexity index is 1770. The second-order valence-electron chi connectivity index (χ2n) is 13.0. The molecule has 0 amide bonds. The molecule has 3 nitrogen and oxygen atoms in total. The van der Waals surface area contributed by atoms with E-state index in [1.54, 1.807) is 0 Å². The Morgan fingerprint density at radius 1 is 0.829 bits per heavy atom. The summed E-state index contributed by atoms with van der Waals surface area (Å²) < 4.78 is 4.76. The second kappa shape index (κ2) is 7.16. The predicted molar refractivity (Wildman–Crippen MR) is 149 cm³/mol. The predicted octanol–water partition coefficient (Wildman–Crippen LogP) is 7.70. The van der Waals surface area contributed by atoms with E-state index in [0.717, 1.165) is 18.4 Å². The third kappa shape index (κ3) is 3.39. The van der Waals surface area contributed by atoms with Crippen LogP contribution in [0.1, 0.15) is 58.2 Å². The lowest BCUT2D eigenvalue weighted by Crippen LogP contribution is -2.30. The lowest BCUT2D eigenvalue weighted by Gasteiger charge is -2.19. The van der Waals surface area contributed by atoms with Crippen molar-refractivity contribution in [2.24, 2.45) is 17.9 Å². The molecule has 0 atom stereocenters. The van der Waals surface area contributed by atoms with Crippen LogP contribution in [0.15, 0.2) is 48.8 Å². The normalized spacial score (nSPS) is 13.4. The summed E-state index contributed by atoms with van der Waals surface area (Å²) in [6.45, 7) is 16.2. The fourth-order valence-corrected chi connectivity index (χ4v) is 6.19. The Kier molecular flexibility index (Phi) is 4.56. The molecule has 6 rings (SSSR count). The molecule has 0 unspecified atom stereocenters. The van der Waals surface area contributed by atoms with Crippen LogP contribution in [0.4, 0.5) is 0 Å². The minimum absolute atomic E-state index is 0.208. The lowest BCUT2D eigenvalue weighted by atomic mass is 9.86. The van der Waals surface area contributed by atoms with Crippen LogP contribution in [-0.4, -0.2) is 9.38 Å². The maximum absolute atomic E-state index is 4.92. The molecule has 0 spiro atoms. The second-order valence-corrected chi connectivity index (χ2v) is 13.0. The van der Waals surface area contributed by atoms with Crippen LogP contribution in [0, 0.1) is 17.8 Å². The van der Waals surface area contributed by atoms with Crippen molar-refractivity contribution in [3.63, 3.8) is 0 Å². The Labute approximate surface area is 207 Å². The van der Waals surface area contributed by atoms with Gasteiger partial charge in [0, 0.05) is 16.2 Å². The molecule has 0 aliphatic rings. The van der Waals surface area contributed by atoms with Gasteiger partial charge in [-0.25, -0.2) is 4.57 Å². The number of aromatic nitrogens is 3. The van der Waals surface area contributed by atoms with E-state index in [1.807, 2.05) is 6.33 Å². The van der Waals surface area contributed by atoms with Crippen LogP contribution in [0.3, 0.4) is 0 Å². The van der Waals surface area contributed by atoms with Gasteiger partial charge in [-0.05, 0) is 70.5 Å². The minimum Gasteiger partial charge on any atom is -0.308 e. The first-order valence-electron chi connectivity index (χ1n) is 12.8. The van der Waals surface area contributed by atoms with E-state index in [2.05, 4.69) is 107 Å². The summed E-state index contributed by atoms with van der Waals surface area (Å²) in [5, 5.41) is 5.36. The van der Waals surface area contributed by atoms with Gasteiger partial charge < -0.3 is 4.40 Å². The number of hydrogen-bond donors (Lipinski definition) is 0. The van der Waals surface area contributed by atoms with Crippen LogP contribution in [0.2, 0.25) is 0 Å². The average molecular weight is 463 g/mol. The van der Waals surface area contributed by atoms with Crippen LogP contribution in [0.25, 0.3) is 49.1 Å². The molecule has 3 aromatic carbocycles. The fourth-order valence-electron chi connectivity index (χ4n) is 6.19. The molecule has 3 heteroatoms.